The lowest BCUT2D eigenvalue weighted by Gasteiger charge is -2.16. The largest absolute Gasteiger partial charge is 0.326 e. The van der Waals surface area contributed by atoms with Crippen LogP contribution in [0, 0.1) is 0 Å². The Bertz CT molecular complexity index is 253. The molecular formula is C12H18F2N2. The smallest absolute Gasteiger partial charge is 0.253 e. The molecule has 1 saturated heterocycles. The van der Waals surface area contributed by atoms with Gasteiger partial charge in [-0.25, -0.2) is 8.78 Å². The van der Waals surface area contributed by atoms with Crippen molar-refractivity contribution in [2.75, 3.05) is 13.6 Å². The Morgan fingerprint density at radius 2 is 1.56 bits per heavy atom. The standard InChI is InChI=1S/C6H12F2N2.C6H6/c1-10-3-4(9)2-5(10)6(7)8;1-2-4-6-5-3-1/h4-6H,2-3,9H2,1H3;1-6H. The zero-order valence-electron chi connectivity index (χ0n) is 9.39. The van der Waals surface area contributed by atoms with E-state index in [2.05, 4.69) is 0 Å². The van der Waals surface area contributed by atoms with Crippen molar-refractivity contribution in [1.82, 2.24) is 4.90 Å². The molecule has 1 aromatic carbocycles. The summed E-state index contributed by atoms with van der Waals surface area (Å²) in [6, 6.07) is 11.3. The Balaban J connectivity index is 0.000000181. The van der Waals surface area contributed by atoms with Gasteiger partial charge in [0.15, 0.2) is 0 Å². The maximum atomic E-state index is 12.1. The van der Waals surface area contributed by atoms with E-state index in [1.54, 1.807) is 11.9 Å². The number of alkyl halides is 2. The SMILES string of the molecule is CN1CC(N)CC1C(F)F.c1ccccc1. The van der Waals surface area contributed by atoms with E-state index in [0.29, 0.717) is 13.0 Å². The number of halogens is 2. The van der Waals surface area contributed by atoms with E-state index in [0.717, 1.165) is 0 Å². The minimum atomic E-state index is -2.25. The fourth-order valence-corrected chi connectivity index (χ4v) is 1.75. The third-order valence-corrected chi connectivity index (χ3v) is 2.59. The van der Waals surface area contributed by atoms with Gasteiger partial charge in [-0.3, -0.25) is 4.90 Å². The average Bonchev–Trinajstić information content (AvgIpc) is 2.61. The molecule has 0 saturated carbocycles. The molecule has 0 spiro atoms. The molecule has 2 unspecified atom stereocenters. The Labute approximate surface area is 95.1 Å². The highest BCUT2D eigenvalue weighted by Gasteiger charge is 2.33. The third-order valence-electron chi connectivity index (χ3n) is 2.59. The van der Waals surface area contributed by atoms with Crippen LogP contribution in [0.4, 0.5) is 8.78 Å². The molecule has 0 aliphatic carbocycles. The van der Waals surface area contributed by atoms with Gasteiger partial charge in [0.2, 0.25) is 0 Å². The minimum Gasteiger partial charge on any atom is -0.326 e. The van der Waals surface area contributed by atoms with Crippen molar-refractivity contribution in [2.45, 2.75) is 24.9 Å². The van der Waals surface area contributed by atoms with Gasteiger partial charge in [0.1, 0.15) is 0 Å². The molecule has 0 amide bonds. The van der Waals surface area contributed by atoms with Gasteiger partial charge in [-0.2, -0.15) is 0 Å². The second-order valence-electron chi connectivity index (χ2n) is 3.99. The fourth-order valence-electron chi connectivity index (χ4n) is 1.75. The topological polar surface area (TPSA) is 29.3 Å². The first-order valence-electron chi connectivity index (χ1n) is 5.35. The van der Waals surface area contributed by atoms with Crippen LogP contribution in [0.15, 0.2) is 36.4 Å². The van der Waals surface area contributed by atoms with Crippen molar-refractivity contribution >= 4 is 0 Å². The molecule has 2 rings (SSSR count). The van der Waals surface area contributed by atoms with E-state index in [-0.39, 0.29) is 6.04 Å². The first-order valence-corrected chi connectivity index (χ1v) is 5.35. The highest BCUT2D eigenvalue weighted by molar-refractivity contribution is 4.99. The second-order valence-corrected chi connectivity index (χ2v) is 3.99. The van der Waals surface area contributed by atoms with Crippen molar-refractivity contribution in [1.29, 1.82) is 0 Å². The predicted octanol–water partition coefficient (Wildman–Crippen LogP) is 1.97. The van der Waals surface area contributed by atoms with Crippen molar-refractivity contribution in [3.05, 3.63) is 36.4 Å². The van der Waals surface area contributed by atoms with E-state index in [4.69, 9.17) is 5.73 Å². The van der Waals surface area contributed by atoms with Crippen LogP contribution >= 0.6 is 0 Å². The second kappa shape index (κ2) is 6.55. The van der Waals surface area contributed by atoms with Gasteiger partial charge in [0.05, 0.1) is 6.04 Å². The Hall–Kier alpha value is -1.00. The molecule has 0 bridgehead atoms. The summed E-state index contributed by atoms with van der Waals surface area (Å²) >= 11 is 0. The number of nitrogens with two attached hydrogens (primary N) is 1. The van der Waals surface area contributed by atoms with Crippen LogP contribution in [-0.4, -0.2) is 37.0 Å². The Morgan fingerprint density at radius 1 is 1.12 bits per heavy atom. The van der Waals surface area contributed by atoms with Gasteiger partial charge < -0.3 is 5.73 Å². The predicted molar refractivity (Wildman–Crippen MR) is 61.5 cm³/mol. The lowest BCUT2D eigenvalue weighted by Crippen LogP contribution is -2.31. The van der Waals surface area contributed by atoms with Crippen LogP contribution in [0.1, 0.15) is 6.42 Å². The van der Waals surface area contributed by atoms with Gasteiger partial charge in [0, 0.05) is 12.6 Å². The Morgan fingerprint density at radius 3 is 1.75 bits per heavy atom. The highest BCUT2D eigenvalue weighted by atomic mass is 19.3. The third kappa shape index (κ3) is 4.24. The summed E-state index contributed by atoms with van der Waals surface area (Å²) in [6.07, 6.45) is -1.83. The van der Waals surface area contributed by atoms with Crippen LogP contribution < -0.4 is 5.73 Å². The van der Waals surface area contributed by atoms with E-state index >= 15 is 0 Å². The zero-order valence-corrected chi connectivity index (χ0v) is 9.39. The van der Waals surface area contributed by atoms with E-state index < -0.39 is 12.5 Å². The van der Waals surface area contributed by atoms with Gasteiger partial charge >= 0.3 is 0 Å². The summed E-state index contributed by atoms with van der Waals surface area (Å²) in [6.45, 7) is 0.592. The van der Waals surface area contributed by atoms with Crippen LogP contribution in [0.3, 0.4) is 0 Å². The summed E-state index contributed by atoms with van der Waals surface area (Å²) in [5, 5.41) is 0. The number of hydrogen-bond donors (Lipinski definition) is 1. The monoisotopic (exact) mass is 228 g/mol. The normalized spacial score (nSPS) is 25.3. The lowest BCUT2D eigenvalue weighted by atomic mass is 10.2. The number of benzene rings is 1. The van der Waals surface area contributed by atoms with Gasteiger partial charge in [-0.05, 0) is 13.5 Å². The van der Waals surface area contributed by atoms with Crippen molar-refractivity contribution < 1.29 is 8.78 Å². The number of nitrogens with zero attached hydrogens (tertiary/aromatic N) is 1. The maximum absolute atomic E-state index is 12.1. The summed E-state index contributed by atoms with van der Waals surface area (Å²) < 4.78 is 24.1. The molecular weight excluding hydrogens is 210 g/mol. The van der Waals surface area contributed by atoms with Crippen LogP contribution in [0.25, 0.3) is 0 Å². The maximum Gasteiger partial charge on any atom is 0.253 e. The molecule has 4 heteroatoms. The first kappa shape index (κ1) is 13.1. The summed E-state index contributed by atoms with van der Waals surface area (Å²) in [5.74, 6) is 0. The van der Waals surface area contributed by atoms with Gasteiger partial charge in [-0.1, -0.05) is 36.4 Å². The van der Waals surface area contributed by atoms with Gasteiger partial charge in [0.25, 0.3) is 6.43 Å². The molecule has 90 valence electrons. The van der Waals surface area contributed by atoms with E-state index in [1.165, 1.54) is 0 Å². The summed E-state index contributed by atoms with van der Waals surface area (Å²) in [7, 11) is 1.68. The molecule has 1 aromatic rings. The molecule has 2 atom stereocenters. The fraction of sp³-hybridized carbons (Fsp3) is 0.500. The van der Waals surface area contributed by atoms with Crippen LogP contribution in [-0.2, 0) is 0 Å². The zero-order chi connectivity index (χ0) is 12.0. The number of likely N-dealkylation sites (N-methyl/N-ethyl adjacent to an activating group) is 1. The summed E-state index contributed by atoms with van der Waals surface area (Å²) in [5.41, 5.74) is 5.48. The van der Waals surface area contributed by atoms with Gasteiger partial charge in [-0.15, -0.1) is 0 Å². The van der Waals surface area contributed by atoms with Crippen molar-refractivity contribution in [3.8, 4) is 0 Å². The molecule has 16 heavy (non-hydrogen) atoms. The average molecular weight is 228 g/mol. The quantitative estimate of drug-likeness (QED) is 0.796. The number of rotatable bonds is 1. The molecule has 1 aliphatic heterocycles. The molecule has 1 aliphatic rings. The molecule has 1 fully saturated rings. The van der Waals surface area contributed by atoms with Crippen molar-refractivity contribution in [2.24, 2.45) is 5.73 Å². The Kier molecular flexibility index (Phi) is 5.35. The van der Waals surface area contributed by atoms with E-state index in [1.807, 2.05) is 36.4 Å². The molecule has 1 heterocycles. The van der Waals surface area contributed by atoms with E-state index in [9.17, 15) is 8.78 Å². The molecule has 2 N–H and O–H groups in total. The van der Waals surface area contributed by atoms with Crippen LogP contribution in [0.5, 0.6) is 0 Å². The number of hydrogen-bond acceptors (Lipinski definition) is 2. The van der Waals surface area contributed by atoms with Crippen molar-refractivity contribution in [3.63, 3.8) is 0 Å². The molecule has 2 nitrogen and oxygen atoms in total. The molecule has 0 aromatic heterocycles. The first-order chi connectivity index (χ1) is 7.61. The summed E-state index contributed by atoms with van der Waals surface area (Å²) in [4.78, 5) is 1.62. The number of likely N-dealkylation sites (tertiary alicyclic amines) is 1. The molecule has 0 radical (unpaired) electrons. The van der Waals surface area contributed by atoms with Crippen LogP contribution in [0.2, 0.25) is 0 Å². The highest BCUT2D eigenvalue weighted by Crippen LogP contribution is 2.19. The minimum absolute atomic E-state index is 0.0657. The lowest BCUT2D eigenvalue weighted by molar-refractivity contribution is 0.0588.